The van der Waals surface area contributed by atoms with Gasteiger partial charge in [0.1, 0.15) is 0 Å². The number of rotatable bonds is 3. The second kappa shape index (κ2) is 6.01. The van der Waals surface area contributed by atoms with Crippen molar-refractivity contribution in [2.75, 3.05) is 0 Å². The predicted molar refractivity (Wildman–Crippen MR) is 59.5 cm³/mol. The van der Waals surface area contributed by atoms with Crippen LogP contribution in [-0.4, -0.2) is 0 Å². The molecule has 1 aromatic rings. The number of halogens is 4. The van der Waals surface area contributed by atoms with E-state index in [-0.39, 0.29) is 12.0 Å². The summed E-state index contributed by atoms with van der Waals surface area (Å²) in [5, 5.41) is 17.0. The highest BCUT2D eigenvalue weighted by Crippen LogP contribution is 2.26. The van der Waals surface area contributed by atoms with Crippen LogP contribution in [-0.2, 0) is 6.42 Å². The van der Waals surface area contributed by atoms with Gasteiger partial charge in [0.15, 0.2) is 23.3 Å². The monoisotopic (exact) mass is 268 g/mol. The molecule has 0 fully saturated rings. The van der Waals surface area contributed by atoms with Gasteiger partial charge in [0.05, 0.1) is 24.1 Å². The summed E-state index contributed by atoms with van der Waals surface area (Å²) in [6, 6.07) is 3.09. The maximum atomic E-state index is 13.6. The minimum Gasteiger partial charge on any atom is -0.203 e. The normalized spacial score (nSPS) is 11.0. The summed E-state index contributed by atoms with van der Waals surface area (Å²) < 4.78 is 54.2. The van der Waals surface area contributed by atoms with Gasteiger partial charge >= 0.3 is 0 Å². The third-order valence-electron chi connectivity index (χ3n) is 2.49. The summed E-state index contributed by atoms with van der Waals surface area (Å²) in [5.74, 6) is -6.43. The maximum Gasteiger partial charge on any atom is 0.169 e. The number of hydrogen-bond donors (Lipinski definition) is 0. The van der Waals surface area contributed by atoms with Gasteiger partial charge in [-0.2, -0.15) is 10.5 Å². The van der Waals surface area contributed by atoms with Crippen molar-refractivity contribution in [2.24, 2.45) is 0 Å². The summed E-state index contributed by atoms with van der Waals surface area (Å²) in [4.78, 5) is 0. The maximum absolute atomic E-state index is 13.6. The molecule has 0 unspecified atom stereocenters. The van der Waals surface area contributed by atoms with E-state index in [9.17, 15) is 17.6 Å². The van der Waals surface area contributed by atoms with E-state index in [1.165, 1.54) is 6.07 Å². The van der Waals surface area contributed by atoms with Gasteiger partial charge in [0.25, 0.3) is 0 Å². The highest BCUT2D eigenvalue weighted by Gasteiger charge is 2.24. The molecule has 0 aliphatic carbocycles. The first-order chi connectivity index (χ1) is 8.97. The molecule has 0 aliphatic rings. The first-order valence-corrected chi connectivity index (χ1v) is 5.30. The molecule has 2 nitrogen and oxygen atoms in total. The van der Waals surface area contributed by atoms with Crippen molar-refractivity contribution in [1.29, 1.82) is 10.5 Å². The number of allylic oxidation sites excluding steroid dienone is 1. The number of nitriles is 2. The average Bonchev–Trinajstić information content (AvgIpc) is 2.42. The smallest absolute Gasteiger partial charge is 0.169 e. The minimum atomic E-state index is -1.61. The Balaban J connectivity index is 3.59. The van der Waals surface area contributed by atoms with Crippen molar-refractivity contribution in [3.8, 4) is 12.1 Å². The average molecular weight is 268 g/mol. The fraction of sp³-hybridized carbons (Fsp3) is 0.231. The fourth-order valence-electron chi connectivity index (χ4n) is 1.44. The molecule has 0 spiro atoms. The molecule has 0 aromatic heterocycles. The van der Waals surface area contributed by atoms with Crippen molar-refractivity contribution in [3.63, 3.8) is 0 Å². The van der Waals surface area contributed by atoms with Crippen LogP contribution in [0.25, 0.3) is 6.08 Å². The van der Waals surface area contributed by atoms with Gasteiger partial charge < -0.3 is 0 Å². The molecule has 1 aromatic carbocycles. The molecule has 0 saturated carbocycles. The first kappa shape index (κ1) is 14.7. The van der Waals surface area contributed by atoms with E-state index in [2.05, 4.69) is 0 Å². The van der Waals surface area contributed by atoms with Crippen molar-refractivity contribution >= 4 is 6.08 Å². The zero-order chi connectivity index (χ0) is 14.6. The number of hydrogen-bond acceptors (Lipinski definition) is 2. The van der Waals surface area contributed by atoms with Gasteiger partial charge in [-0.3, -0.25) is 0 Å². The Morgan fingerprint density at radius 2 is 1.58 bits per heavy atom. The van der Waals surface area contributed by atoms with Gasteiger partial charge in [0.2, 0.25) is 0 Å². The van der Waals surface area contributed by atoms with Gasteiger partial charge in [-0.15, -0.1) is 0 Å². The summed E-state index contributed by atoms with van der Waals surface area (Å²) in [6.07, 6.45) is 0.139. The Morgan fingerprint density at radius 1 is 1.05 bits per heavy atom. The third-order valence-corrected chi connectivity index (χ3v) is 2.49. The Bertz CT molecular complexity index is 592. The Morgan fingerprint density at radius 3 is 1.95 bits per heavy atom. The van der Waals surface area contributed by atoms with Gasteiger partial charge in [-0.1, -0.05) is 6.92 Å². The van der Waals surface area contributed by atoms with Crippen LogP contribution in [0, 0.1) is 45.9 Å². The van der Waals surface area contributed by atoms with Crippen LogP contribution in [0.3, 0.4) is 0 Å². The molecule has 0 N–H and O–H groups in total. The summed E-state index contributed by atoms with van der Waals surface area (Å²) >= 11 is 0. The second-order valence-electron chi connectivity index (χ2n) is 3.62. The summed E-state index contributed by atoms with van der Waals surface area (Å²) in [7, 11) is 0. The van der Waals surface area contributed by atoms with Crippen molar-refractivity contribution in [2.45, 2.75) is 19.8 Å². The Kier molecular flexibility index (Phi) is 4.66. The van der Waals surface area contributed by atoms with Crippen LogP contribution in [0.5, 0.6) is 0 Å². The van der Waals surface area contributed by atoms with Crippen LogP contribution in [0.4, 0.5) is 17.6 Å². The van der Waals surface area contributed by atoms with Crippen LogP contribution in [0.2, 0.25) is 0 Å². The van der Waals surface area contributed by atoms with E-state index in [0.29, 0.717) is 0 Å². The minimum absolute atomic E-state index is 0.0235. The number of nitrogens with zero attached hydrogens (tertiary/aromatic N) is 2. The lowest BCUT2D eigenvalue weighted by atomic mass is 10.0. The molecule has 0 heterocycles. The van der Waals surface area contributed by atoms with E-state index in [4.69, 9.17) is 10.5 Å². The molecule has 19 heavy (non-hydrogen) atoms. The van der Waals surface area contributed by atoms with Crippen LogP contribution in [0.1, 0.15) is 24.5 Å². The molecule has 0 amide bonds. The van der Waals surface area contributed by atoms with Gasteiger partial charge in [-0.25, -0.2) is 17.6 Å². The largest absolute Gasteiger partial charge is 0.203 e. The van der Waals surface area contributed by atoms with Crippen molar-refractivity contribution < 1.29 is 17.6 Å². The zero-order valence-electron chi connectivity index (χ0n) is 9.90. The lowest BCUT2D eigenvalue weighted by Gasteiger charge is -2.08. The zero-order valence-corrected chi connectivity index (χ0v) is 9.90. The van der Waals surface area contributed by atoms with Crippen LogP contribution < -0.4 is 0 Å². The number of benzene rings is 1. The van der Waals surface area contributed by atoms with E-state index in [1.807, 2.05) is 0 Å². The molecule has 0 atom stereocenters. The Hall–Kier alpha value is -2.34. The lowest BCUT2D eigenvalue weighted by Crippen LogP contribution is -2.06. The van der Waals surface area contributed by atoms with E-state index in [1.54, 1.807) is 13.0 Å². The first-order valence-electron chi connectivity index (χ1n) is 5.30. The van der Waals surface area contributed by atoms with Crippen molar-refractivity contribution in [3.05, 3.63) is 40.0 Å². The fourth-order valence-corrected chi connectivity index (χ4v) is 1.44. The predicted octanol–water partition coefficient (Wildman–Crippen LogP) is 3.63. The summed E-state index contributed by atoms with van der Waals surface area (Å²) in [5.41, 5.74) is -1.93. The van der Waals surface area contributed by atoms with Crippen molar-refractivity contribution in [1.82, 2.24) is 0 Å². The van der Waals surface area contributed by atoms with Crippen LogP contribution in [0.15, 0.2) is 5.57 Å². The molecule has 0 aliphatic heterocycles. The highest BCUT2D eigenvalue weighted by atomic mass is 19.2. The molecule has 0 radical (unpaired) electrons. The van der Waals surface area contributed by atoms with E-state index < -0.39 is 40.8 Å². The Labute approximate surface area is 107 Å². The lowest BCUT2D eigenvalue weighted by molar-refractivity contribution is 0.440. The second-order valence-corrected chi connectivity index (χ2v) is 3.62. The van der Waals surface area contributed by atoms with Gasteiger partial charge in [0, 0.05) is 11.1 Å². The summed E-state index contributed by atoms with van der Waals surface area (Å²) in [6.45, 7) is 1.56. The molecular formula is C13H8F4N2. The topological polar surface area (TPSA) is 47.6 Å². The molecule has 98 valence electrons. The van der Waals surface area contributed by atoms with Gasteiger partial charge in [-0.05, 0) is 12.5 Å². The third kappa shape index (κ3) is 2.74. The molecular weight excluding hydrogens is 260 g/mol. The van der Waals surface area contributed by atoms with E-state index >= 15 is 0 Å². The molecule has 0 bridgehead atoms. The van der Waals surface area contributed by atoms with E-state index in [0.717, 1.165) is 6.08 Å². The standard InChI is InChI=1S/C13H8F4N2/c1-2-7(6-19)5-9-12(16)10(14)8(3-4-18)11(15)13(9)17/h5H,2-3H2,1H3. The molecule has 0 saturated heterocycles. The molecule has 1 rings (SSSR count). The van der Waals surface area contributed by atoms with Crippen LogP contribution >= 0.6 is 0 Å². The molecule has 6 heteroatoms. The quantitative estimate of drug-likeness (QED) is 0.477. The SMILES string of the molecule is CCC(C#N)=Cc1c(F)c(F)c(CC#N)c(F)c1F. The highest BCUT2D eigenvalue weighted by molar-refractivity contribution is 5.59.